The zero-order valence-electron chi connectivity index (χ0n) is 12.8. The van der Waals surface area contributed by atoms with E-state index in [0.717, 1.165) is 12.8 Å². The van der Waals surface area contributed by atoms with E-state index < -0.39 is 12.4 Å². The molecule has 0 aromatic heterocycles. The summed E-state index contributed by atoms with van der Waals surface area (Å²) < 4.78 is 0. The van der Waals surface area contributed by atoms with Crippen molar-refractivity contribution in [1.29, 1.82) is 0 Å². The molecule has 0 aliphatic heterocycles. The Morgan fingerprint density at radius 3 is 1.53 bits per heavy atom. The summed E-state index contributed by atoms with van der Waals surface area (Å²) in [4.78, 5) is 0. The van der Waals surface area contributed by atoms with Crippen molar-refractivity contribution in [2.45, 2.75) is 96.2 Å². The lowest BCUT2D eigenvalue weighted by atomic mass is 10.1. The van der Waals surface area contributed by atoms with E-state index in [1.165, 1.54) is 64.2 Å². The molecule has 0 aliphatic carbocycles. The van der Waals surface area contributed by atoms with Gasteiger partial charge in [0.2, 0.25) is 0 Å². The van der Waals surface area contributed by atoms with Crippen molar-refractivity contribution in [3.05, 3.63) is 0 Å². The number of aliphatic hydroxyl groups excluding tert-OH is 1. The van der Waals surface area contributed by atoms with Crippen molar-refractivity contribution in [1.82, 2.24) is 0 Å². The summed E-state index contributed by atoms with van der Waals surface area (Å²) >= 11 is 11.9. The van der Waals surface area contributed by atoms with Gasteiger partial charge in [-0.15, -0.1) is 22.2 Å². The van der Waals surface area contributed by atoms with Gasteiger partial charge in [-0.05, 0) is 13.0 Å². The maximum absolute atomic E-state index is 9.73. The van der Waals surface area contributed by atoms with Gasteiger partial charge >= 0.3 is 0 Å². The van der Waals surface area contributed by atoms with Crippen LogP contribution in [0.5, 0.6) is 0 Å². The van der Waals surface area contributed by atoms with E-state index >= 15 is 0 Å². The van der Waals surface area contributed by atoms with Gasteiger partial charge in [-0.1, -0.05) is 77.6 Å². The standard InChI is InChI=1S/C15H32Cl2OSi/c1-3-4-5-6-7-8-9-10-11-12-13-14-15(18)19(2,16)17/h15,18H,3-14H2,1-2H3. The molecule has 0 saturated heterocycles. The van der Waals surface area contributed by atoms with Gasteiger partial charge in [0.15, 0.2) is 0 Å². The molecular formula is C15H32Cl2OSi. The minimum atomic E-state index is -2.36. The number of rotatable bonds is 13. The van der Waals surface area contributed by atoms with Gasteiger partial charge in [0, 0.05) is 0 Å². The van der Waals surface area contributed by atoms with E-state index in [1.54, 1.807) is 6.55 Å². The molecule has 0 fully saturated rings. The van der Waals surface area contributed by atoms with Crippen LogP contribution < -0.4 is 0 Å². The Hall–Kier alpha value is 0.757. The van der Waals surface area contributed by atoms with Crippen molar-refractivity contribution in [2.24, 2.45) is 0 Å². The van der Waals surface area contributed by atoms with Gasteiger partial charge in [0.05, 0.1) is 5.73 Å². The van der Waals surface area contributed by atoms with Crippen molar-refractivity contribution in [3.63, 3.8) is 0 Å². The van der Waals surface area contributed by atoms with Gasteiger partial charge in [0.25, 0.3) is 6.69 Å². The van der Waals surface area contributed by atoms with Crippen LogP contribution in [0.1, 0.15) is 84.0 Å². The molecule has 0 bridgehead atoms. The van der Waals surface area contributed by atoms with E-state index in [9.17, 15) is 5.11 Å². The molecule has 1 atom stereocenters. The lowest BCUT2D eigenvalue weighted by molar-refractivity contribution is 0.233. The third-order valence-corrected chi connectivity index (χ3v) is 6.64. The first-order chi connectivity index (χ1) is 8.98. The molecular weight excluding hydrogens is 295 g/mol. The molecule has 4 heteroatoms. The normalized spacial score (nSPS) is 13.7. The van der Waals surface area contributed by atoms with Crippen LogP contribution in [0.4, 0.5) is 0 Å². The highest BCUT2D eigenvalue weighted by Gasteiger charge is 2.30. The van der Waals surface area contributed by atoms with E-state index in [2.05, 4.69) is 6.92 Å². The Morgan fingerprint density at radius 2 is 1.16 bits per heavy atom. The second-order valence-electron chi connectivity index (χ2n) is 5.80. The first kappa shape index (κ1) is 19.8. The van der Waals surface area contributed by atoms with Crippen molar-refractivity contribution >= 4 is 28.9 Å². The topological polar surface area (TPSA) is 20.2 Å². The fourth-order valence-electron chi connectivity index (χ4n) is 2.26. The SMILES string of the molecule is CCCCCCCCCCCCCC(O)[Si](C)(Cl)Cl. The molecule has 0 aromatic carbocycles. The first-order valence-corrected chi connectivity index (χ1v) is 12.6. The fraction of sp³-hybridized carbons (Fsp3) is 1.00. The largest absolute Gasteiger partial charge is 0.394 e. The number of halogens is 2. The maximum atomic E-state index is 9.73. The zero-order valence-corrected chi connectivity index (χ0v) is 15.3. The molecule has 0 aromatic rings. The van der Waals surface area contributed by atoms with E-state index in [-0.39, 0.29) is 0 Å². The van der Waals surface area contributed by atoms with Crippen LogP contribution in [0.25, 0.3) is 0 Å². The molecule has 116 valence electrons. The molecule has 0 amide bonds. The minimum absolute atomic E-state index is 0.464. The summed E-state index contributed by atoms with van der Waals surface area (Å²) in [7, 11) is 0. The van der Waals surface area contributed by atoms with Gasteiger partial charge < -0.3 is 5.11 Å². The lowest BCUT2D eigenvalue weighted by Crippen LogP contribution is -2.33. The van der Waals surface area contributed by atoms with Gasteiger partial charge in [0.1, 0.15) is 0 Å². The second kappa shape index (κ2) is 12.5. The highest BCUT2D eigenvalue weighted by Crippen LogP contribution is 2.23. The molecule has 0 aliphatic rings. The Morgan fingerprint density at radius 1 is 0.789 bits per heavy atom. The van der Waals surface area contributed by atoms with Crippen LogP contribution in [0, 0.1) is 0 Å². The fourth-order valence-corrected chi connectivity index (χ4v) is 3.62. The number of hydrogen-bond acceptors (Lipinski definition) is 1. The summed E-state index contributed by atoms with van der Waals surface area (Å²) in [6, 6.07) is 0. The third kappa shape index (κ3) is 13.5. The third-order valence-electron chi connectivity index (χ3n) is 3.67. The van der Waals surface area contributed by atoms with Crippen molar-refractivity contribution in [2.75, 3.05) is 0 Å². The second-order valence-corrected chi connectivity index (χ2v) is 13.7. The molecule has 0 saturated carbocycles. The lowest BCUT2D eigenvalue weighted by Gasteiger charge is -2.18. The predicted molar refractivity (Wildman–Crippen MR) is 90.4 cm³/mol. The Bertz CT molecular complexity index is 195. The average molecular weight is 327 g/mol. The van der Waals surface area contributed by atoms with E-state index in [1.807, 2.05) is 0 Å². The molecule has 0 heterocycles. The van der Waals surface area contributed by atoms with Crippen LogP contribution in [0.3, 0.4) is 0 Å². The predicted octanol–water partition coefficient (Wildman–Crippen LogP) is 6.14. The first-order valence-electron chi connectivity index (χ1n) is 8.04. The number of aliphatic hydroxyl groups is 1. The summed E-state index contributed by atoms with van der Waals surface area (Å²) in [5.74, 6) is 0. The van der Waals surface area contributed by atoms with Crippen LogP contribution in [-0.4, -0.2) is 17.5 Å². The summed E-state index contributed by atoms with van der Waals surface area (Å²) in [6.07, 6.45) is 15.4. The van der Waals surface area contributed by atoms with E-state index in [4.69, 9.17) is 22.2 Å². The van der Waals surface area contributed by atoms with Crippen LogP contribution in [0.2, 0.25) is 6.55 Å². The van der Waals surface area contributed by atoms with Gasteiger partial charge in [-0.25, -0.2) is 0 Å². The van der Waals surface area contributed by atoms with Crippen LogP contribution in [-0.2, 0) is 0 Å². The Labute approximate surface area is 130 Å². The molecule has 1 unspecified atom stereocenters. The summed E-state index contributed by atoms with van der Waals surface area (Å²) in [5.41, 5.74) is -0.464. The molecule has 0 rings (SSSR count). The molecule has 19 heavy (non-hydrogen) atoms. The van der Waals surface area contributed by atoms with Gasteiger partial charge in [-0.2, -0.15) is 0 Å². The monoisotopic (exact) mass is 326 g/mol. The molecule has 0 radical (unpaired) electrons. The van der Waals surface area contributed by atoms with Crippen LogP contribution >= 0.6 is 22.2 Å². The quantitative estimate of drug-likeness (QED) is 0.245. The smallest absolute Gasteiger partial charge is 0.275 e. The Balaban J connectivity index is 3.15. The maximum Gasteiger partial charge on any atom is 0.275 e. The highest BCUT2D eigenvalue weighted by atomic mass is 35.7. The molecule has 0 spiro atoms. The average Bonchev–Trinajstić information content (AvgIpc) is 2.34. The summed E-state index contributed by atoms with van der Waals surface area (Å²) in [5, 5.41) is 9.73. The summed E-state index contributed by atoms with van der Waals surface area (Å²) in [6.45, 7) is 1.69. The van der Waals surface area contributed by atoms with Crippen molar-refractivity contribution < 1.29 is 5.11 Å². The Kier molecular flexibility index (Phi) is 13.0. The van der Waals surface area contributed by atoms with E-state index in [0.29, 0.717) is 0 Å². The highest BCUT2D eigenvalue weighted by molar-refractivity contribution is 7.45. The molecule has 1 nitrogen and oxygen atoms in total. The molecule has 1 N–H and O–H groups in total. The van der Waals surface area contributed by atoms with Gasteiger partial charge in [-0.3, -0.25) is 0 Å². The van der Waals surface area contributed by atoms with Crippen molar-refractivity contribution in [3.8, 4) is 0 Å². The number of hydrogen-bond donors (Lipinski definition) is 1. The minimum Gasteiger partial charge on any atom is -0.394 e. The van der Waals surface area contributed by atoms with Crippen LogP contribution in [0.15, 0.2) is 0 Å². The zero-order chi connectivity index (χ0) is 14.6. The number of unbranched alkanes of at least 4 members (excludes halogenated alkanes) is 10.